The van der Waals surface area contributed by atoms with E-state index in [4.69, 9.17) is 4.74 Å². The number of urea groups is 1. The molecule has 7 heteroatoms. The van der Waals surface area contributed by atoms with Crippen LogP contribution < -0.4 is 0 Å². The van der Waals surface area contributed by atoms with Crippen LogP contribution in [0.25, 0.3) is 0 Å². The van der Waals surface area contributed by atoms with Crippen molar-refractivity contribution in [3.8, 4) is 0 Å². The number of aliphatic hydroxyl groups is 2. The summed E-state index contributed by atoms with van der Waals surface area (Å²) in [7, 11) is 0. The van der Waals surface area contributed by atoms with E-state index in [1.165, 1.54) is 6.92 Å². The molecule has 0 spiro atoms. The van der Waals surface area contributed by atoms with Crippen LogP contribution in [0.1, 0.15) is 46.7 Å². The Bertz CT molecular complexity index is 1530. The molecule has 1 saturated heterocycles. The van der Waals surface area contributed by atoms with Crippen LogP contribution in [-0.4, -0.2) is 50.2 Å². The molecule has 2 N–H and O–H groups in total. The molecule has 0 saturated carbocycles. The third-order valence-electron chi connectivity index (χ3n) is 8.27. The van der Waals surface area contributed by atoms with Crippen molar-refractivity contribution in [1.82, 2.24) is 9.80 Å². The minimum Gasteiger partial charge on any atom is -0.458 e. The molecule has 5 rings (SSSR count). The van der Waals surface area contributed by atoms with Gasteiger partial charge in [0.1, 0.15) is 6.10 Å². The summed E-state index contributed by atoms with van der Waals surface area (Å²) in [6.07, 6.45) is 1.23. The number of hydrogen-bond acceptors (Lipinski definition) is 5. The summed E-state index contributed by atoms with van der Waals surface area (Å²) in [4.78, 5) is 31.1. The van der Waals surface area contributed by atoms with Crippen LogP contribution in [0.15, 0.2) is 109 Å². The standard InChI is InChI=1S/C37H40N2O5/c1-27(42)44-36-34(19-18-28-10-4-2-5-11-28)38(23-30-14-8-16-32(20-30)25-40)37(43)39(24-31-15-9-17-33(21-31)26-41)35(36)22-29-12-6-3-7-13-29/h2-17,20-21,34-36,40-41H,18-19,22-26H2,1H3/t34-,35-,36-/m1/s1. The van der Waals surface area contributed by atoms with E-state index in [9.17, 15) is 19.8 Å². The number of nitrogens with zero attached hydrogens (tertiary/aromatic N) is 2. The first-order valence-electron chi connectivity index (χ1n) is 15.1. The lowest BCUT2D eigenvalue weighted by molar-refractivity contribution is -0.157. The van der Waals surface area contributed by atoms with Crippen LogP contribution in [0.5, 0.6) is 0 Å². The van der Waals surface area contributed by atoms with E-state index in [0.717, 1.165) is 33.4 Å². The Balaban J connectivity index is 1.59. The highest BCUT2D eigenvalue weighted by molar-refractivity contribution is 5.77. The van der Waals surface area contributed by atoms with Crippen molar-refractivity contribution in [3.63, 3.8) is 0 Å². The Morgan fingerprint density at radius 2 is 1.14 bits per heavy atom. The van der Waals surface area contributed by atoms with Crippen molar-refractivity contribution in [2.75, 3.05) is 0 Å². The van der Waals surface area contributed by atoms with E-state index < -0.39 is 24.2 Å². The number of aliphatic hydroxyl groups excluding tert-OH is 2. The zero-order valence-electron chi connectivity index (χ0n) is 25.1. The highest BCUT2D eigenvalue weighted by Gasteiger charge is 2.48. The number of rotatable bonds is 12. The van der Waals surface area contributed by atoms with E-state index in [1.807, 2.05) is 107 Å². The number of benzene rings is 4. The van der Waals surface area contributed by atoms with Crippen LogP contribution in [0.3, 0.4) is 0 Å². The number of carbonyl (C=O) groups is 2. The Morgan fingerprint density at radius 3 is 1.66 bits per heavy atom. The molecule has 1 aliphatic heterocycles. The Hall–Kier alpha value is -4.46. The van der Waals surface area contributed by atoms with Gasteiger partial charge in [-0.05, 0) is 52.6 Å². The molecule has 0 aromatic heterocycles. The second kappa shape index (κ2) is 14.8. The molecule has 1 fully saturated rings. The summed E-state index contributed by atoms with van der Waals surface area (Å²) in [6.45, 7) is 1.83. The van der Waals surface area contributed by atoms with Gasteiger partial charge in [-0.3, -0.25) is 4.79 Å². The van der Waals surface area contributed by atoms with Gasteiger partial charge in [0.2, 0.25) is 0 Å². The zero-order valence-corrected chi connectivity index (χ0v) is 25.1. The van der Waals surface area contributed by atoms with Crippen molar-refractivity contribution in [3.05, 3.63) is 143 Å². The van der Waals surface area contributed by atoms with Crippen LogP contribution in [0.4, 0.5) is 4.79 Å². The van der Waals surface area contributed by atoms with Gasteiger partial charge in [-0.25, -0.2) is 4.79 Å². The Kier molecular flexibility index (Phi) is 10.4. The topological polar surface area (TPSA) is 90.3 Å². The maximum Gasteiger partial charge on any atom is 0.321 e. The molecule has 0 radical (unpaired) electrons. The van der Waals surface area contributed by atoms with Gasteiger partial charge in [0, 0.05) is 20.0 Å². The van der Waals surface area contributed by atoms with Gasteiger partial charge < -0.3 is 24.7 Å². The number of esters is 1. The van der Waals surface area contributed by atoms with Gasteiger partial charge in [0.05, 0.1) is 25.3 Å². The van der Waals surface area contributed by atoms with Crippen LogP contribution in [0.2, 0.25) is 0 Å². The number of ether oxygens (including phenoxy) is 1. The van der Waals surface area contributed by atoms with Crippen LogP contribution in [-0.2, 0) is 48.7 Å². The van der Waals surface area contributed by atoms with Gasteiger partial charge in [0.25, 0.3) is 0 Å². The van der Waals surface area contributed by atoms with E-state index in [0.29, 0.717) is 32.4 Å². The lowest BCUT2D eigenvalue weighted by atomic mass is 9.87. The predicted molar refractivity (Wildman–Crippen MR) is 169 cm³/mol. The SMILES string of the molecule is CC(=O)O[C@@H]1[C@@H](CCc2ccccc2)N(Cc2cccc(CO)c2)C(=O)N(Cc2cccc(CO)c2)[C@@H]1Cc1ccccc1. The first-order valence-corrected chi connectivity index (χ1v) is 15.1. The number of hydrogen-bond donors (Lipinski definition) is 2. The quantitative estimate of drug-likeness (QED) is 0.208. The molecule has 7 nitrogen and oxygen atoms in total. The minimum absolute atomic E-state index is 0.0955. The van der Waals surface area contributed by atoms with Gasteiger partial charge in [0.15, 0.2) is 0 Å². The third kappa shape index (κ3) is 7.73. The normalized spacial score (nSPS) is 18.3. The first-order chi connectivity index (χ1) is 21.4. The Morgan fingerprint density at radius 1 is 0.659 bits per heavy atom. The molecule has 4 aromatic carbocycles. The van der Waals surface area contributed by atoms with Crippen LogP contribution in [0, 0.1) is 0 Å². The molecule has 1 heterocycles. The number of amides is 2. The summed E-state index contributed by atoms with van der Waals surface area (Å²) in [5.74, 6) is -0.392. The molecule has 1 aliphatic rings. The summed E-state index contributed by atoms with van der Waals surface area (Å²) in [6, 6.07) is 34.3. The fourth-order valence-electron chi connectivity index (χ4n) is 6.19. The first kappa shape index (κ1) is 31.0. The number of carbonyl (C=O) groups excluding carboxylic acids is 2. The van der Waals surface area contributed by atoms with E-state index in [2.05, 4.69) is 12.1 Å². The maximum atomic E-state index is 14.7. The van der Waals surface area contributed by atoms with Gasteiger partial charge >= 0.3 is 12.0 Å². The molecule has 3 atom stereocenters. The largest absolute Gasteiger partial charge is 0.458 e. The van der Waals surface area contributed by atoms with Crippen molar-refractivity contribution in [1.29, 1.82) is 0 Å². The fourth-order valence-corrected chi connectivity index (χ4v) is 6.19. The summed E-state index contributed by atoms with van der Waals surface area (Å²) in [5.41, 5.74) is 5.49. The second-order valence-corrected chi connectivity index (χ2v) is 11.4. The minimum atomic E-state index is -0.601. The fraction of sp³-hybridized carbons (Fsp3) is 0.297. The van der Waals surface area contributed by atoms with E-state index >= 15 is 0 Å². The zero-order chi connectivity index (χ0) is 30.9. The third-order valence-corrected chi connectivity index (χ3v) is 8.27. The van der Waals surface area contributed by atoms with E-state index in [1.54, 1.807) is 0 Å². The highest BCUT2D eigenvalue weighted by Crippen LogP contribution is 2.33. The average molecular weight is 593 g/mol. The molecule has 0 bridgehead atoms. The molecule has 2 amide bonds. The van der Waals surface area contributed by atoms with E-state index in [-0.39, 0.29) is 19.2 Å². The van der Waals surface area contributed by atoms with Gasteiger partial charge in [-0.2, -0.15) is 0 Å². The molecule has 0 aliphatic carbocycles. The Labute approximate surface area is 259 Å². The molecule has 4 aromatic rings. The average Bonchev–Trinajstić information content (AvgIpc) is 3.05. The maximum absolute atomic E-state index is 14.7. The molecular formula is C37H40N2O5. The lowest BCUT2D eigenvalue weighted by Crippen LogP contribution is -2.67. The lowest BCUT2D eigenvalue weighted by Gasteiger charge is -2.50. The molecule has 228 valence electrons. The smallest absolute Gasteiger partial charge is 0.321 e. The summed E-state index contributed by atoms with van der Waals surface area (Å²) < 4.78 is 6.20. The van der Waals surface area contributed by atoms with Crippen molar-refractivity contribution < 1.29 is 24.5 Å². The van der Waals surface area contributed by atoms with Crippen molar-refractivity contribution >= 4 is 12.0 Å². The van der Waals surface area contributed by atoms with Gasteiger partial charge in [-0.1, -0.05) is 109 Å². The van der Waals surface area contributed by atoms with Crippen molar-refractivity contribution in [2.45, 2.75) is 70.7 Å². The number of aryl methyl sites for hydroxylation is 1. The predicted octanol–water partition coefficient (Wildman–Crippen LogP) is 5.65. The second-order valence-electron chi connectivity index (χ2n) is 11.4. The van der Waals surface area contributed by atoms with Crippen LogP contribution >= 0.6 is 0 Å². The molecule has 44 heavy (non-hydrogen) atoms. The molecular weight excluding hydrogens is 552 g/mol. The summed E-state index contributed by atoms with van der Waals surface area (Å²) >= 11 is 0. The summed E-state index contributed by atoms with van der Waals surface area (Å²) in [5, 5.41) is 19.6. The monoisotopic (exact) mass is 592 g/mol. The van der Waals surface area contributed by atoms with Gasteiger partial charge in [-0.15, -0.1) is 0 Å². The van der Waals surface area contributed by atoms with Crippen molar-refractivity contribution in [2.24, 2.45) is 0 Å². The highest BCUT2D eigenvalue weighted by atomic mass is 16.5. The molecule has 0 unspecified atom stereocenters.